The molecule has 1 N–H and O–H groups in total. The smallest absolute Gasteiger partial charge is 0.341 e. The van der Waals surface area contributed by atoms with E-state index in [0.29, 0.717) is 22.7 Å². The van der Waals surface area contributed by atoms with Crippen molar-refractivity contribution >= 4 is 39.8 Å². The van der Waals surface area contributed by atoms with Crippen LogP contribution in [0, 0.1) is 13.8 Å². The summed E-state index contributed by atoms with van der Waals surface area (Å²) in [5.41, 5.74) is 2.02. The molecule has 0 unspecified atom stereocenters. The molecule has 29 heavy (non-hydrogen) atoms. The van der Waals surface area contributed by atoms with Crippen LogP contribution < -0.4 is 15.0 Å². The van der Waals surface area contributed by atoms with E-state index in [1.807, 2.05) is 13.8 Å². The Morgan fingerprint density at radius 1 is 1.21 bits per heavy atom. The van der Waals surface area contributed by atoms with Gasteiger partial charge in [0, 0.05) is 23.5 Å². The minimum Gasteiger partial charge on any atom is -0.484 e. The van der Waals surface area contributed by atoms with Crippen LogP contribution >= 0.6 is 11.3 Å². The predicted octanol–water partition coefficient (Wildman–Crippen LogP) is 3.69. The summed E-state index contributed by atoms with van der Waals surface area (Å²) in [5, 5.41) is 3.21. The van der Waals surface area contributed by atoms with Gasteiger partial charge in [-0.05, 0) is 57.0 Å². The highest BCUT2D eigenvalue weighted by Gasteiger charge is 2.23. The molecule has 0 saturated carbocycles. The van der Waals surface area contributed by atoms with Gasteiger partial charge in [-0.2, -0.15) is 0 Å². The number of nitrogens with zero attached hydrogens (tertiary/aromatic N) is 1. The van der Waals surface area contributed by atoms with Crippen molar-refractivity contribution in [2.75, 3.05) is 30.0 Å². The third kappa shape index (κ3) is 4.76. The number of anilines is 2. The van der Waals surface area contributed by atoms with E-state index in [2.05, 4.69) is 5.32 Å². The highest BCUT2D eigenvalue weighted by Crippen LogP contribution is 2.33. The first kappa shape index (κ1) is 20.9. The molecule has 1 aliphatic rings. The molecule has 0 aliphatic carbocycles. The van der Waals surface area contributed by atoms with Gasteiger partial charge in [0.25, 0.3) is 5.91 Å². The summed E-state index contributed by atoms with van der Waals surface area (Å²) >= 11 is 1.34. The van der Waals surface area contributed by atoms with E-state index in [9.17, 15) is 14.4 Å². The molecule has 2 aromatic rings. The molecule has 1 aromatic heterocycles. The highest BCUT2D eigenvalue weighted by atomic mass is 32.1. The number of amides is 2. The van der Waals surface area contributed by atoms with Crippen LogP contribution in [-0.2, 0) is 14.3 Å². The Labute approximate surface area is 173 Å². The van der Waals surface area contributed by atoms with E-state index in [-0.39, 0.29) is 25.0 Å². The number of rotatable bonds is 7. The molecule has 1 aliphatic heterocycles. The number of hydrogen-bond donors (Lipinski definition) is 1. The number of esters is 1. The Bertz CT molecular complexity index is 920. The first-order valence-corrected chi connectivity index (χ1v) is 10.3. The third-order valence-electron chi connectivity index (χ3n) is 4.71. The van der Waals surface area contributed by atoms with Gasteiger partial charge in [-0.1, -0.05) is 0 Å². The number of aryl methyl sites for hydroxylation is 1. The topological polar surface area (TPSA) is 84.9 Å². The number of nitrogens with one attached hydrogen (secondary N) is 1. The maximum atomic E-state index is 12.3. The predicted molar refractivity (Wildman–Crippen MR) is 112 cm³/mol. The van der Waals surface area contributed by atoms with Gasteiger partial charge >= 0.3 is 5.97 Å². The van der Waals surface area contributed by atoms with Crippen LogP contribution in [0.2, 0.25) is 0 Å². The summed E-state index contributed by atoms with van der Waals surface area (Å²) in [4.78, 5) is 39.0. The van der Waals surface area contributed by atoms with Crippen LogP contribution in [0.3, 0.4) is 0 Å². The average Bonchev–Trinajstić information content (AvgIpc) is 3.24. The van der Waals surface area contributed by atoms with Crippen molar-refractivity contribution in [1.29, 1.82) is 0 Å². The van der Waals surface area contributed by atoms with Crippen molar-refractivity contribution in [2.24, 2.45) is 0 Å². The second-order valence-corrected chi connectivity index (χ2v) is 7.91. The van der Waals surface area contributed by atoms with Gasteiger partial charge in [0.15, 0.2) is 6.61 Å². The van der Waals surface area contributed by atoms with Crippen molar-refractivity contribution in [2.45, 2.75) is 33.6 Å². The number of ether oxygens (including phenoxy) is 2. The molecule has 7 nitrogen and oxygen atoms in total. The van der Waals surface area contributed by atoms with E-state index < -0.39 is 5.97 Å². The van der Waals surface area contributed by atoms with E-state index >= 15 is 0 Å². The minimum atomic E-state index is -0.447. The maximum Gasteiger partial charge on any atom is 0.341 e. The molecule has 2 heterocycles. The summed E-state index contributed by atoms with van der Waals surface area (Å²) in [5.74, 6) is -0.162. The Morgan fingerprint density at radius 2 is 1.93 bits per heavy atom. The molecule has 154 valence electrons. The lowest BCUT2D eigenvalue weighted by Gasteiger charge is -2.16. The largest absolute Gasteiger partial charge is 0.484 e. The van der Waals surface area contributed by atoms with Gasteiger partial charge in [-0.25, -0.2) is 4.79 Å². The molecule has 1 saturated heterocycles. The van der Waals surface area contributed by atoms with Gasteiger partial charge < -0.3 is 19.7 Å². The van der Waals surface area contributed by atoms with Crippen molar-refractivity contribution in [3.05, 3.63) is 40.3 Å². The monoisotopic (exact) mass is 416 g/mol. The van der Waals surface area contributed by atoms with Crippen molar-refractivity contribution < 1.29 is 23.9 Å². The highest BCUT2D eigenvalue weighted by molar-refractivity contribution is 7.16. The molecule has 1 aromatic carbocycles. The van der Waals surface area contributed by atoms with Crippen LogP contribution in [-0.4, -0.2) is 37.5 Å². The molecule has 1 fully saturated rings. The van der Waals surface area contributed by atoms with Crippen molar-refractivity contribution in [3.63, 3.8) is 0 Å². The number of carbonyl (C=O) groups is 3. The number of carbonyl (C=O) groups excluding carboxylic acids is 3. The van der Waals surface area contributed by atoms with E-state index in [1.54, 1.807) is 36.1 Å². The lowest BCUT2D eigenvalue weighted by atomic mass is 10.1. The summed E-state index contributed by atoms with van der Waals surface area (Å²) < 4.78 is 10.6. The summed E-state index contributed by atoms with van der Waals surface area (Å²) in [7, 11) is 0. The van der Waals surface area contributed by atoms with E-state index in [4.69, 9.17) is 9.47 Å². The zero-order chi connectivity index (χ0) is 21.0. The van der Waals surface area contributed by atoms with Crippen LogP contribution in [0.1, 0.15) is 40.6 Å². The van der Waals surface area contributed by atoms with Crippen LogP contribution in [0.4, 0.5) is 10.7 Å². The van der Waals surface area contributed by atoms with Gasteiger partial charge in [0.05, 0.1) is 12.2 Å². The van der Waals surface area contributed by atoms with Gasteiger partial charge in [0.1, 0.15) is 10.8 Å². The second-order valence-electron chi connectivity index (χ2n) is 6.69. The Balaban J connectivity index is 1.60. The Kier molecular flexibility index (Phi) is 6.53. The molecular weight excluding hydrogens is 392 g/mol. The zero-order valence-corrected chi connectivity index (χ0v) is 17.6. The van der Waals surface area contributed by atoms with Gasteiger partial charge in [-0.15, -0.1) is 11.3 Å². The Morgan fingerprint density at radius 3 is 2.55 bits per heavy atom. The first-order valence-electron chi connectivity index (χ1n) is 9.51. The normalized spacial score (nSPS) is 13.5. The summed E-state index contributed by atoms with van der Waals surface area (Å²) in [6.45, 7) is 6.26. The molecule has 0 bridgehead atoms. The Hall–Kier alpha value is -2.87. The molecule has 0 radical (unpaired) electrons. The number of benzene rings is 1. The molecule has 0 atom stereocenters. The summed E-state index contributed by atoms with van der Waals surface area (Å²) in [6, 6.07) is 7.08. The molecule has 3 rings (SSSR count). The minimum absolute atomic E-state index is 0.122. The van der Waals surface area contributed by atoms with Crippen molar-refractivity contribution in [1.82, 2.24) is 0 Å². The van der Waals surface area contributed by atoms with Gasteiger partial charge in [0.2, 0.25) is 5.91 Å². The van der Waals surface area contributed by atoms with E-state index in [1.165, 1.54) is 11.3 Å². The number of thiophene rings is 1. The zero-order valence-electron chi connectivity index (χ0n) is 16.7. The van der Waals surface area contributed by atoms with E-state index in [0.717, 1.165) is 29.1 Å². The quantitative estimate of drug-likeness (QED) is 0.696. The van der Waals surface area contributed by atoms with Gasteiger partial charge in [-0.3, -0.25) is 9.59 Å². The molecule has 0 spiro atoms. The SMILES string of the molecule is CCOC(=O)c1c(NC(=O)COc2ccc(N3CCCC3=O)cc2)sc(C)c1C. The van der Waals surface area contributed by atoms with Crippen LogP contribution in [0.15, 0.2) is 24.3 Å². The fraction of sp³-hybridized carbons (Fsp3) is 0.381. The van der Waals surface area contributed by atoms with Crippen molar-refractivity contribution in [3.8, 4) is 5.75 Å². The fourth-order valence-corrected chi connectivity index (χ4v) is 4.18. The third-order valence-corrected chi connectivity index (χ3v) is 5.83. The molecular formula is C21H24N2O5S. The molecule has 8 heteroatoms. The van der Waals surface area contributed by atoms with Crippen LogP contribution in [0.5, 0.6) is 5.75 Å². The summed E-state index contributed by atoms with van der Waals surface area (Å²) in [6.07, 6.45) is 1.45. The van der Waals surface area contributed by atoms with Crippen LogP contribution in [0.25, 0.3) is 0 Å². The standard InChI is InChI=1S/C21H24N2O5S/c1-4-27-21(26)19-13(2)14(3)29-20(19)22-17(24)12-28-16-9-7-15(8-10-16)23-11-5-6-18(23)25/h7-10H,4-6,11-12H2,1-3H3,(H,22,24). The second kappa shape index (κ2) is 9.09. The first-order chi connectivity index (χ1) is 13.9. The number of hydrogen-bond acceptors (Lipinski definition) is 6. The lowest BCUT2D eigenvalue weighted by Crippen LogP contribution is -2.23. The maximum absolute atomic E-state index is 12.3. The molecule has 2 amide bonds. The lowest BCUT2D eigenvalue weighted by molar-refractivity contribution is -0.118. The fourth-order valence-electron chi connectivity index (χ4n) is 3.12. The average molecular weight is 416 g/mol.